The topological polar surface area (TPSA) is 123 Å². The van der Waals surface area contributed by atoms with E-state index in [1.54, 1.807) is 12.1 Å². The van der Waals surface area contributed by atoms with Crippen LogP contribution in [0.25, 0.3) is 21.9 Å². The zero-order valence-corrected chi connectivity index (χ0v) is 14.6. The zero-order chi connectivity index (χ0) is 18.4. The van der Waals surface area contributed by atoms with Crippen molar-refractivity contribution in [3.05, 3.63) is 67.3 Å². The molecule has 26 heavy (non-hydrogen) atoms. The van der Waals surface area contributed by atoms with E-state index in [-0.39, 0.29) is 22.6 Å². The third-order valence-electron chi connectivity index (χ3n) is 3.92. The second-order valence-corrected chi connectivity index (χ2v) is 6.52. The number of H-pyrrole nitrogens is 2. The highest BCUT2D eigenvalue weighted by atomic mass is 79.9. The van der Waals surface area contributed by atoms with Gasteiger partial charge in [-0.05, 0) is 30.3 Å². The summed E-state index contributed by atoms with van der Waals surface area (Å²) in [5, 5.41) is 23.6. The van der Waals surface area contributed by atoms with Crippen molar-refractivity contribution in [1.29, 1.82) is 0 Å². The molecule has 0 aliphatic rings. The fourth-order valence-electron chi connectivity index (χ4n) is 2.68. The number of hydrogen-bond donors (Lipinski definition) is 4. The molecule has 8 nitrogen and oxygen atoms in total. The van der Waals surface area contributed by atoms with Crippen molar-refractivity contribution in [3.63, 3.8) is 0 Å². The third kappa shape index (κ3) is 2.58. The van der Waals surface area contributed by atoms with Gasteiger partial charge >= 0.3 is 11.2 Å². The smallest absolute Gasteiger partial charge is 0.350 e. The van der Waals surface area contributed by atoms with Gasteiger partial charge in [-0.1, -0.05) is 15.9 Å². The number of fused-ring (bicyclic) bond motifs is 3. The molecule has 9 heteroatoms. The Kier molecular flexibility index (Phi) is 3.66. The van der Waals surface area contributed by atoms with Gasteiger partial charge < -0.3 is 20.2 Å². The molecular weight excluding hydrogens is 404 g/mol. The van der Waals surface area contributed by atoms with Gasteiger partial charge in [-0.3, -0.25) is 4.79 Å². The van der Waals surface area contributed by atoms with Crippen LogP contribution in [0.15, 0.2) is 55.6 Å². The SMILES string of the molecule is O=c1[nH]c2c([nH]c3ccc(Br)cc32)c(=O)n1/N=C\c1ccc(O)cc1O. The van der Waals surface area contributed by atoms with Gasteiger partial charge in [-0.15, -0.1) is 4.68 Å². The van der Waals surface area contributed by atoms with E-state index in [1.807, 2.05) is 6.07 Å². The Balaban J connectivity index is 1.91. The van der Waals surface area contributed by atoms with Crippen molar-refractivity contribution < 1.29 is 10.2 Å². The molecule has 130 valence electrons. The lowest BCUT2D eigenvalue weighted by Gasteiger charge is -2.00. The Hall–Kier alpha value is -3.33. The maximum atomic E-state index is 12.6. The predicted molar refractivity (Wildman–Crippen MR) is 101 cm³/mol. The molecule has 0 radical (unpaired) electrons. The molecule has 0 fully saturated rings. The fourth-order valence-corrected chi connectivity index (χ4v) is 3.04. The molecule has 2 heterocycles. The van der Waals surface area contributed by atoms with Crippen molar-refractivity contribution in [3.8, 4) is 11.5 Å². The normalized spacial score (nSPS) is 11.7. The number of aromatic amines is 2. The maximum absolute atomic E-state index is 12.6. The summed E-state index contributed by atoms with van der Waals surface area (Å²) in [5.41, 5.74) is 0.229. The molecule has 0 amide bonds. The van der Waals surface area contributed by atoms with Crippen molar-refractivity contribution in [1.82, 2.24) is 14.6 Å². The van der Waals surface area contributed by atoms with Gasteiger partial charge in [0.05, 0.1) is 11.7 Å². The van der Waals surface area contributed by atoms with Crippen molar-refractivity contribution in [2.45, 2.75) is 0 Å². The van der Waals surface area contributed by atoms with E-state index in [0.717, 1.165) is 16.8 Å². The van der Waals surface area contributed by atoms with E-state index >= 15 is 0 Å². The summed E-state index contributed by atoms with van der Waals surface area (Å²) >= 11 is 3.36. The number of aromatic hydroxyl groups is 2. The summed E-state index contributed by atoms with van der Waals surface area (Å²) in [6.45, 7) is 0. The van der Waals surface area contributed by atoms with Crippen LogP contribution in [-0.2, 0) is 0 Å². The van der Waals surface area contributed by atoms with Crippen LogP contribution in [-0.4, -0.2) is 31.1 Å². The van der Waals surface area contributed by atoms with Crippen LogP contribution >= 0.6 is 15.9 Å². The van der Waals surface area contributed by atoms with Crippen LogP contribution in [0.2, 0.25) is 0 Å². The van der Waals surface area contributed by atoms with Crippen LogP contribution in [0.3, 0.4) is 0 Å². The highest BCUT2D eigenvalue weighted by molar-refractivity contribution is 9.10. The number of phenolic OH excluding ortho intramolecular Hbond substituents is 2. The lowest BCUT2D eigenvalue weighted by atomic mass is 10.2. The first-order valence-electron chi connectivity index (χ1n) is 7.46. The van der Waals surface area contributed by atoms with Crippen molar-refractivity contribution >= 4 is 44.1 Å². The van der Waals surface area contributed by atoms with Gasteiger partial charge in [-0.2, -0.15) is 5.10 Å². The van der Waals surface area contributed by atoms with E-state index in [2.05, 4.69) is 31.0 Å². The molecule has 0 aliphatic heterocycles. The number of nitrogens with one attached hydrogen (secondary N) is 2. The number of phenols is 2. The summed E-state index contributed by atoms with van der Waals surface area (Å²) in [4.78, 5) is 30.6. The Morgan fingerprint density at radius 1 is 1.04 bits per heavy atom. The van der Waals surface area contributed by atoms with Crippen LogP contribution in [0.1, 0.15) is 5.56 Å². The minimum atomic E-state index is -0.710. The highest BCUT2D eigenvalue weighted by Crippen LogP contribution is 2.24. The van der Waals surface area contributed by atoms with Gasteiger partial charge in [0.1, 0.15) is 17.0 Å². The molecule has 4 N–H and O–H groups in total. The van der Waals surface area contributed by atoms with E-state index in [1.165, 1.54) is 12.1 Å². The standard InChI is InChI=1S/C17H11BrN4O4/c18-9-2-4-12-11(5-9)14-15(20-12)16(25)22(17(26)21-14)19-7-8-1-3-10(23)6-13(8)24/h1-7,20,23-24H,(H,21,26)/b19-7-. The molecule has 0 saturated heterocycles. The fraction of sp³-hybridized carbons (Fsp3) is 0. The lowest BCUT2D eigenvalue weighted by molar-refractivity contribution is 0.450. The van der Waals surface area contributed by atoms with Crippen molar-refractivity contribution in [2.24, 2.45) is 5.10 Å². The molecule has 0 unspecified atom stereocenters. The van der Waals surface area contributed by atoms with Gasteiger partial charge in [0.2, 0.25) is 0 Å². The van der Waals surface area contributed by atoms with Gasteiger partial charge in [-0.25, -0.2) is 4.79 Å². The second kappa shape index (κ2) is 5.88. The maximum Gasteiger partial charge on any atom is 0.350 e. The Labute approximate surface area is 153 Å². The average molecular weight is 415 g/mol. The predicted octanol–water partition coefficient (Wildman–Crippen LogP) is 2.23. The quantitative estimate of drug-likeness (QED) is 0.375. The van der Waals surface area contributed by atoms with Crippen molar-refractivity contribution in [2.75, 3.05) is 0 Å². The molecule has 4 aromatic rings. The van der Waals surface area contributed by atoms with Crippen LogP contribution in [0.4, 0.5) is 0 Å². The summed E-state index contributed by atoms with van der Waals surface area (Å²) in [6, 6.07) is 9.30. The molecule has 2 aromatic carbocycles. The van der Waals surface area contributed by atoms with E-state index < -0.39 is 11.2 Å². The van der Waals surface area contributed by atoms with E-state index in [4.69, 9.17) is 0 Å². The number of halogens is 1. The zero-order valence-electron chi connectivity index (χ0n) is 13.0. The Bertz CT molecular complexity index is 1320. The molecule has 0 spiro atoms. The van der Waals surface area contributed by atoms with Crippen LogP contribution < -0.4 is 11.2 Å². The first kappa shape index (κ1) is 16.2. The number of rotatable bonds is 2. The number of nitrogens with zero attached hydrogens (tertiary/aromatic N) is 2. The largest absolute Gasteiger partial charge is 0.508 e. The number of aromatic nitrogens is 3. The second-order valence-electron chi connectivity index (χ2n) is 5.60. The van der Waals surface area contributed by atoms with E-state index in [0.29, 0.717) is 21.1 Å². The monoisotopic (exact) mass is 414 g/mol. The first-order valence-corrected chi connectivity index (χ1v) is 8.26. The molecule has 0 aliphatic carbocycles. The average Bonchev–Trinajstić information content (AvgIpc) is 2.94. The highest BCUT2D eigenvalue weighted by Gasteiger charge is 2.13. The molecule has 2 aromatic heterocycles. The van der Waals surface area contributed by atoms with E-state index in [9.17, 15) is 19.8 Å². The molecule has 0 saturated carbocycles. The number of benzene rings is 2. The minimum absolute atomic E-state index is 0.111. The molecule has 0 bridgehead atoms. The van der Waals surface area contributed by atoms with Gasteiger partial charge in [0.15, 0.2) is 0 Å². The summed E-state index contributed by atoms with van der Waals surface area (Å²) in [7, 11) is 0. The Morgan fingerprint density at radius 2 is 1.85 bits per heavy atom. The van der Waals surface area contributed by atoms with Crippen LogP contribution in [0.5, 0.6) is 11.5 Å². The Morgan fingerprint density at radius 3 is 2.62 bits per heavy atom. The molecule has 4 rings (SSSR count). The summed E-state index contributed by atoms with van der Waals surface area (Å²) in [5.74, 6) is -0.338. The van der Waals surface area contributed by atoms with Gasteiger partial charge in [0.25, 0.3) is 0 Å². The minimum Gasteiger partial charge on any atom is -0.508 e. The molecular formula is C17H11BrN4O4. The lowest BCUT2D eigenvalue weighted by Crippen LogP contribution is -2.32. The molecule has 0 atom stereocenters. The summed E-state index contributed by atoms with van der Waals surface area (Å²) < 4.78 is 1.48. The third-order valence-corrected chi connectivity index (χ3v) is 4.41. The van der Waals surface area contributed by atoms with Gasteiger partial charge in [0, 0.05) is 27.0 Å². The summed E-state index contributed by atoms with van der Waals surface area (Å²) in [6.07, 6.45) is 1.16. The first-order chi connectivity index (χ1) is 12.4. The number of hydrogen-bond acceptors (Lipinski definition) is 5. The van der Waals surface area contributed by atoms with Crippen LogP contribution in [0, 0.1) is 0 Å².